The molecule has 1 aliphatic rings. The maximum atomic E-state index is 12.6. The van der Waals surface area contributed by atoms with Crippen LogP contribution in [0, 0.1) is 13.8 Å². The standard InChI is InChI=1S/C19H23N5OS/c1-4-24-8-7-15(21-24)18(25)22-9-11-23(12-10-22)19-20-16-13(2)5-6-14(3)17(16)26-19/h5-8H,4,9-12H2,1-3H3. The van der Waals surface area contributed by atoms with Gasteiger partial charge in [-0.3, -0.25) is 9.48 Å². The number of rotatable bonds is 3. The minimum absolute atomic E-state index is 0.0211. The first-order valence-corrected chi connectivity index (χ1v) is 9.83. The van der Waals surface area contributed by atoms with Gasteiger partial charge in [-0.15, -0.1) is 0 Å². The van der Waals surface area contributed by atoms with E-state index in [1.807, 2.05) is 18.0 Å². The van der Waals surface area contributed by atoms with E-state index >= 15 is 0 Å². The molecule has 2 aromatic heterocycles. The van der Waals surface area contributed by atoms with Crippen molar-refractivity contribution in [2.24, 2.45) is 0 Å². The summed E-state index contributed by atoms with van der Waals surface area (Å²) in [4.78, 5) is 21.7. The number of piperazine rings is 1. The molecule has 0 atom stereocenters. The van der Waals surface area contributed by atoms with Gasteiger partial charge in [-0.2, -0.15) is 5.10 Å². The molecule has 6 nitrogen and oxygen atoms in total. The first-order valence-electron chi connectivity index (χ1n) is 9.01. The number of amides is 1. The second-order valence-corrected chi connectivity index (χ2v) is 7.69. The lowest BCUT2D eigenvalue weighted by molar-refractivity contribution is 0.0740. The van der Waals surface area contributed by atoms with E-state index in [4.69, 9.17) is 4.98 Å². The number of carbonyl (C=O) groups is 1. The van der Waals surface area contributed by atoms with Gasteiger partial charge >= 0.3 is 0 Å². The average molecular weight is 369 g/mol. The average Bonchev–Trinajstić information content (AvgIpc) is 3.32. The van der Waals surface area contributed by atoms with E-state index in [0.29, 0.717) is 18.8 Å². The Labute approximate surface area is 157 Å². The third kappa shape index (κ3) is 2.96. The predicted octanol–water partition coefficient (Wildman–Crippen LogP) is 3.09. The zero-order valence-electron chi connectivity index (χ0n) is 15.4. The number of hydrogen-bond donors (Lipinski definition) is 0. The monoisotopic (exact) mass is 369 g/mol. The predicted molar refractivity (Wildman–Crippen MR) is 105 cm³/mol. The normalized spacial score (nSPS) is 15.0. The summed E-state index contributed by atoms with van der Waals surface area (Å²) < 4.78 is 3.05. The van der Waals surface area contributed by atoms with Gasteiger partial charge in [-0.25, -0.2) is 4.98 Å². The second kappa shape index (κ2) is 6.72. The number of anilines is 1. The maximum absolute atomic E-state index is 12.6. The van der Waals surface area contributed by atoms with Crippen LogP contribution in [-0.2, 0) is 6.54 Å². The highest BCUT2D eigenvalue weighted by Gasteiger charge is 2.25. The Hall–Kier alpha value is -2.41. The number of hydrogen-bond acceptors (Lipinski definition) is 5. The molecule has 0 unspecified atom stereocenters. The first-order chi connectivity index (χ1) is 12.6. The molecule has 0 spiro atoms. The van der Waals surface area contributed by atoms with E-state index in [1.165, 1.54) is 15.8 Å². The molecule has 0 N–H and O–H groups in total. The third-order valence-corrected chi connectivity index (χ3v) is 6.20. The van der Waals surface area contributed by atoms with Gasteiger partial charge in [0.1, 0.15) is 5.69 Å². The molecule has 1 fully saturated rings. The summed E-state index contributed by atoms with van der Waals surface area (Å²) in [5.41, 5.74) is 4.13. The summed E-state index contributed by atoms with van der Waals surface area (Å²) in [6, 6.07) is 6.09. The Morgan fingerprint density at radius 2 is 1.85 bits per heavy atom. The Bertz CT molecular complexity index is 913. The maximum Gasteiger partial charge on any atom is 0.274 e. The van der Waals surface area contributed by atoms with Crippen LogP contribution in [-0.4, -0.2) is 51.8 Å². The highest BCUT2D eigenvalue weighted by atomic mass is 32.1. The Balaban J connectivity index is 1.47. The Kier molecular flexibility index (Phi) is 4.40. The number of benzene rings is 1. The van der Waals surface area contributed by atoms with Crippen LogP contribution in [0.1, 0.15) is 28.5 Å². The van der Waals surface area contributed by atoms with Crippen molar-refractivity contribution in [3.63, 3.8) is 0 Å². The fraction of sp³-hybridized carbons (Fsp3) is 0.421. The highest BCUT2D eigenvalue weighted by molar-refractivity contribution is 7.22. The Morgan fingerprint density at radius 3 is 2.50 bits per heavy atom. The van der Waals surface area contributed by atoms with E-state index in [9.17, 15) is 4.79 Å². The summed E-state index contributed by atoms with van der Waals surface area (Å²) in [7, 11) is 0. The van der Waals surface area contributed by atoms with Crippen LogP contribution >= 0.6 is 11.3 Å². The van der Waals surface area contributed by atoms with Crippen LogP contribution in [0.5, 0.6) is 0 Å². The van der Waals surface area contributed by atoms with Gasteiger partial charge in [0.05, 0.1) is 10.2 Å². The van der Waals surface area contributed by atoms with Crippen molar-refractivity contribution < 1.29 is 4.79 Å². The minimum Gasteiger partial charge on any atom is -0.345 e. The molecule has 0 radical (unpaired) electrons. The van der Waals surface area contributed by atoms with Gasteiger partial charge in [-0.05, 0) is 38.0 Å². The van der Waals surface area contributed by atoms with Gasteiger partial charge < -0.3 is 9.80 Å². The lowest BCUT2D eigenvalue weighted by Gasteiger charge is -2.34. The largest absolute Gasteiger partial charge is 0.345 e. The number of aromatic nitrogens is 3. The van der Waals surface area contributed by atoms with Gasteiger partial charge in [0.25, 0.3) is 5.91 Å². The molecule has 0 saturated carbocycles. The molecule has 1 aliphatic heterocycles. The molecule has 0 bridgehead atoms. The van der Waals surface area contributed by atoms with Gasteiger partial charge in [0.2, 0.25) is 0 Å². The summed E-state index contributed by atoms with van der Waals surface area (Å²) in [5.74, 6) is 0.0211. The molecule has 7 heteroatoms. The van der Waals surface area contributed by atoms with Gasteiger partial charge in [0, 0.05) is 38.9 Å². The van der Waals surface area contributed by atoms with Crippen LogP contribution in [0.4, 0.5) is 5.13 Å². The fourth-order valence-corrected chi connectivity index (χ4v) is 4.46. The summed E-state index contributed by atoms with van der Waals surface area (Å²) in [5, 5.41) is 5.39. The Morgan fingerprint density at radius 1 is 1.12 bits per heavy atom. The molecule has 0 aliphatic carbocycles. The van der Waals surface area contributed by atoms with Crippen molar-refractivity contribution in [1.29, 1.82) is 0 Å². The fourth-order valence-electron chi connectivity index (χ4n) is 3.30. The van der Waals surface area contributed by atoms with Gasteiger partial charge in [0.15, 0.2) is 5.13 Å². The molecular weight excluding hydrogens is 346 g/mol. The number of nitrogens with zero attached hydrogens (tertiary/aromatic N) is 5. The third-order valence-electron chi connectivity index (χ3n) is 4.95. The topological polar surface area (TPSA) is 54.3 Å². The van der Waals surface area contributed by atoms with Crippen molar-refractivity contribution in [2.75, 3.05) is 31.1 Å². The number of fused-ring (bicyclic) bond motifs is 1. The van der Waals surface area contributed by atoms with Gasteiger partial charge in [-0.1, -0.05) is 23.5 Å². The minimum atomic E-state index is 0.0211. The SMILES string of the molecule is CCn1ccc(C(=O)N2CCN(c3nc4c(C)ccc(C)c4s3)CC2)n1. The molecule has 3 heterocycles. The summed E-state index contributed by atoms with van der Waals surface area (Å²) in [6.45, 7) is 10.0. The van der Waals surface area contributed by atoms with Crippen LogP contribution in [0.2, 0.25) is 0 Å². The lowest BCUT2D eigenvalue weighted by atomic mass is 10.1. The zero-order chi connectivity index (χ0) is 18.3. The smallest absolute Gasteiger partial charge is 0.274 e. The van der Waals surface area contributed by atoms with Crippen LogP contribution in [0.3, 0.4) is 0 Å². The molecule has 1 saturated heterocycles. The molecular formula is C19H23N5OS. The quantitative estimate of drug-likeness (QED) is 0.712. The van der Waals surface area contributed by atoms with Crippen LogP contribution < -0.4 is 4.90 Å². The second-order valence-electron chi connectivity index (χ2n) is 6.71. The van der Waals surface area contributed by atoms with Crippen molar-refractivity contribution in [3.05, 3.63) is 41.2 Å². The molecule has 1 aromatic carbocycles. The summed E-state index contributed by atoms with van der Waals surface area (Å²) in [6.07, 6.45) is 1.86. The first kappa shape index (κ1) is 17.0. The van der Waals surface area contributed by atoms with Crippen molar-refractivity contribution >= 4 is 32.6 Å². The van der Waals surface area contributed by atoms with E-state index < -0.39 is 0 Å². The number of aryl methyl sites for hydroxylation is 3. The molecule has 1 amide bonds. The summed E-state index contributed by atoms with van der Waals surface area (Å²) >= 11 is 1.75. The zero-order valence-corrected chi connectivity index (χ0v) is 16.2. The highest BCUT2D eigenvalue weighted by Crippen LogP contribution is 2.33. The lowest BCUT2D eigenvalue weighted by Crippen LogP contribution is -2.48. The molecule has 3 aromatic rings. The van der Waals surface area contributed by atoms with Crippen LogP contribution in [0.25, 0.3) is 10.2 Å². The van der Waals surface area contributed by atoms with Crippen LogP contribution in [0.15, 0.2) is 24.4 Å². The number of carbonyl (C=O) groups excluding carboxylic acids is 1. The van der Waals surface area contributed by atoms with E-state index in [1.54, 1.807) is 22.1 Å². The van der Waals surface area contributed by atoms with Crippen molar-refractivity contribution in [1.82, 2.24) is 19.7 Å². The molecule has 26 heavy (non-hydrogen) atoms. The molecule has 4 rings (SSSR count). The van der Waals surface area contributed by atoms with E-state index in [-0.39, 0.29) is 5.91 Å². The van der Waals surface area contributed by atoms with E-state index in [2.05, 4.69) is 36.0 Å². The van der Waals surface area contributed by atoms with Crippen molar-refractivity contribution in [3.8, 4) is 0 Å². The molecule has 136 valence electrons. The number of thiazole rings is 1. The van der Waals surface area contributed by atoms with E-state index in [0.717, 1.165) is 30.3 Å². The van der Waals surface area contributed by atoms with Crippen molar-refractivity contribution in [2.45, 2.75) is 27.3 Å².